The Morgan fingerprint density at radius 1 is 1.55 bits per heavy atom. The number of nitrogens with one attached hydrogen (secondary N) is 1. The average Bonchev–Trinajstić information content (AvgIpc) is 2.60. The highest BCUT2D eigenvalue weighted by Crippen LogP contribution is 2.09. The van der Waals surface area contributed by atoms with E-state index in [1.54, 1.807) is 17.7 Å². The molecule has 0 bridgehead atoms. The predicted octanol–water partition coefficient (Wildman–Crippen LogP) is 2.06. The van der Waals surface area contributed by atoms with Gasteiger partial charge in [-0.3, -0.25) is 0 Å². The van der Waals surface area contributed by atoms with E-state index >= 15 is 0 Å². The Balaban J connectivity index is 2.14. The van der Waals surface area contributed by atoms with Gasteiger partial charge >= 0.3 is 0 Å². The molecule has 0 saturated heterocycles. The molecule has 2 rings (SSSR count). The van der Waals surface area contributed by atoms with Crippen LogP contribution in [0.25, 0.3) is 0 Å². The van der Waals surface area contributed by atoms with Gasteiger partial charge in [0.25, 0.3) is 0 Å². The minimum absolute atomic E-state index is 0.962. The Kier molecular flexibility index (Phi) is 1.73. The van der Waals surface area contributed by atoms with Gasteiger partial charge in [0.2, 0.25) is 0 Å². The highest BCUT2D eigenvalue weighted by molar-refractivity contribution is 7.07. The zero-order valence-corrected chi connectivity index (χ0v) is 6.77. The fraction of sp³-hybridized carbons (Fsp3) is 0.125. The summed E-state index contributed by atoms with van der Waals surface area (Å²) < 4.78 is 0. The van der Waals surface area contributed by atoms with Crippen LogP contribution in [0.1, 0.15) is 11.3 Å². The Hall–Kier alpha value is -1.09. The van der Waals surface area contributed by atoms with Gasteiger partial charge < -0.3 is 4.98 Å². The third-order valence-electron chi connectivity index (χ3n) is 1.53. The highest BCUT2D eigenvalue weighted by atomic mass is 32.1. The molecule has 2 aromatic rings. The van der Waals surface area contributed by atoms with Gasteiger partial charge in [0.05, 0.1) is 6.33 Å². The van der Waals surface area contributed by atoms with Crippen molar-refractivity contribution in [3.05, 3.63) is 40.6 Å². The summed E-state index contributed by atoms with van der Waals surface area (Å²) in [5.74, 6) is 0. The van der Waals surface area contributed by atoms with Gasteiger partial charge in [-0.15, -0.1) is 0 Å². The molecule has 0 aliphatic carbocycles. The van der Waals surface area contributed by atoms with Crippen LogP contribution in [0.5, 0.6) is 0 Å². The Morgan fingerprint density at radius 3 is 3.18 bits per heavy atom. The van der Waals surface area contributed by atoms with E-state index < -0.39 is 0 Å². The molecule has 0 atom stereocenters. The lowest BCUT2D eigenvalue weighted by Crippen LogP contribution is -1.83. The van der Waals surface area contributed by atoms with Crippen molar-refractivity contribution in [3.8, 4) is 0 Å². The third kappa shape index (κ3) is 1.49. The topological polar surface area (TPSA) is 28.7 Å². The van der Waals surface area contributed by atoms with E-state index in [4.69, 9.17) is 0 Å². The van der Waals surface area contributed by atoms with Gasteiger partial charge in [0.1, 0.15) is 0 Å². The molecular weight excluding hydrogens is 156 g/mol. The smallest absolute Gasteiger partial charge is 0.0921 e. The molecule has 0 amide bonds. The normalized spacial score (nSPS) is 10.2. The number of H-pyrrole nitrogens is 1. The van der Waals surface area contributed by atoms with Crippen LogP contribution in [-0.2, 0) is 6.42 Å². The standard InChI is InChI=1S/C8H8N2S/c1-2-11-5-7(1)3-8-4-9-6-10-8/h1-2,4-6H,3H2,(H,9,10). The molecule has 2 aromatic heterocycles. The predicted molar refractivity (Wildman–Crippen MR) is 45.7 cm³/mol. The molecule has 0 radical (unpaired) electrons. The molecular formula is C8H8N2S. The first-order chi connectivity index (χ1) is 5.45. The molecule has 56 valence electrons. The minimum Gasteiger partial charge on any atom is -0.348 e. The SMILES string of the molecule is c1ncc(Cc2ccsc2)[nH]1. The number of thiophene rings is 1. The van der Waals surface area contributed by atoms with E-state index in [1.165, 1.54) is 11.3 Å². The van der Waals surface area contributed by atoms with Crippen molar-refractivity contribution in [2.75, 3.05) is 0 Å². The average molecular weight is 164 g/mol. The molecule has 2 heterocycles. The zero-order chi connectivity index (χ0) is 7.52. The second kappa shape index (κ2) is 2.88. The fourth-order valence-electron chi connectivity index (χ4n) is 0.995. The lowest BCUT2D eigenvalue weighted by atomic mass is 10.2. The summed E-state index contributed by atoms with van der Waals surface area (Å²) in [5.41, 5.74) is 2.52. The van der Waals surface area contributed by atoms with Crippen molar-refractivity contribution >= 4 is 11.3 Å². The van der Waals surface area contributed by atoms with E-state index in [-0.39, 0.29) is 0 Å². The molecule has 0 fully saturated rings. The number of hydrogen-bond donors (Lipinski definition) is 1. The van der Waals surface area contributed by atoms with Crippen molar-refractivity contribution in [1.82, 2.24) is 9.97 Å². The highest BCUT2D eigenvalue weighted by Gasteiger charge is 1.95. The van der Waals surface area contributed by atoms with Gasteiger partial charge in [-0.25, -0.2) is 4.98 Å². The number of aromatic amines is 1. The summed E-state index contributed by atoms with van der Waals surface area (Å²) in [6, 6.07) is 2.13. The molecule has 11 heavy (non-hydrogen) atoms. The largest absolute Gasteiger partial charge is 0.348 e. The van der Waals surface area contributed by atoms with Crippen molar-refractivity contribution < 1.29 is 0 Å². The summed E-state index contributed by atoms with van der Waals surface area (Å²) in [5, 5.41) is 4.24. The molecule has 0 unspecified atom stereocenters. The maximum absolute atomic E-state index is 3.95. The van der Waals surface area contributed by atoms with Crippen molar-refractivity contribution in [2.24, 2.45) is 0 Å². The summed E-state index contributed by atoms with van der Waals surface area (Å²) in [4.78, 5) is 7.02. The Labute approximate surface area is 68.9 Å². The first kappa shape index (κ1) is 6.61. The van der Waals surface area contributed by atoms with E-state index in [2.05, 4.69) is 26.8 Å². The van der Waals surface area contributed by atoms with Gasteiger partial charge in [0, 0.05) is 18.3 Å². The lowest BCUT2D eigenvalue weighted by Gasteiger charge is -1.90. The Bertz CT molecular complexity index is 264. The summed E-state index contributed by atoms with van der Waals surface area (Å²) in [6.45, 7) is 0. The second-order valence-corrected chi connectivity index (χ2v) is 3.17. The van der Waals surface area contributed by atoms with Crippen LogP contribution in [-0.4, -0.2) is 9.97 Å². The monoisotopic (exact) mass is 164 g/mol. The molecule has 3 heteroatoms. The number of aromatic nitrogens is 2. The summed E-state index contributed by atoms with van der Waals surface area (Å²) in [6.07, 6.45) is 4.53. The second-order valence-electron chi connectivity index (χ2n) is 2.39. The molecule has 0 saturated carbocycles. The van der Waals surface area contributed by atoms with Crippen molar-refractivity contribution in [2.45, 2.75) is 6.42 Å². The quantitative estimate of drug-likeness (QED) is 0.723. The molecule has 0 aromatic carbocycles. The number of imidazole rings is 1. The molecule has 1 N–H and O–H groups in total. The molecule has 0 spiro atoms. The summed E-state index contributed by atoms with van der Waals surface area (Å²) >= 11 is 1.73. The van der Waals surface area contributed by atoms with E-state index in [9.17, 15) is 0 Å². The number of nitrogens with zero attached hydrogens (tertiary/aromatic N) is 1. The summed E-state index contributed by atoms with van der Waals surface area (Å²) in [7, 11) is 0. The third-order valence-corrected chi connectivity index (χ3v) is 2.26. The van der Waals surface area contributed by atoms with Crippen molar-refractivity contribution in [1.29, 1.82) is 0 Å². The van der Waals surface area contributed by atoms with Crippen molar-refractivity contribution in [3.63, 3.8) is 0 Å². The van der Waals surface area contributed by atoms with Crippen LogP contribution < -0.4 is 0 Å². The van der Waals surface area contributed by atoms with Gasteiger partial charge in [0.15, 0.2) is 0 Å². The van der Waals surface area contributed by atoms with Crippen LogP contribution in [0.2, 0.25) is 0 Å². The van der Waals surface area contributed by atoms with E-state index in [0.29, 0.717) is 0 Å². The van der Waals surface area contributed by atoms with Crippen LogP contribution in [0.15, 0.2) is 29.4 Å². The fourth-order valence-corrected chi connectivity index (χ4v) is 1.66. The van der Waals surface area contributed by atoms with Crippen LogP contribution >= 0.6 is 11.3 Å². The van der Waals surface area contributed by atoms with Gasteiger partial charge in [-0.1, -0.05) is 0 Å². The van der Waals surface area contributed by atoms with Gasteiger partial charge in [-0.2, -0.15) is 11.3 Å². The van der Waals surface area contributed by atoms with E-state index in [1.807, 2.05) is 6.20 Å². The van der Waals surface area contributed by atoms with Crippen LogP contribution in [0, 0.1) is 0 Å². The number of hydrogen-bond acceptors (Lipinski definition) is 2. The molecule has 0 aliphatic rings. The first-order valence-corrected chi connectivity index (χ1v) is 4.38. The maximum atomic E-state index is 3.95. The van der Waals surface area contributed by atoms with Gasteiger partial charge in [-0.05, 0) is 22.4 Å². The molecule has 2 nitrogen and oxygen atoms in total. The molecule has 0 aliphatic heterocycles. The van der Waals surface area contributed by atoms with E-state index in [0.717, 1.165) is 6.42 Å². The Morgan fingerprint density at radius 2 is 2.55 bits per heavy atom. The van der Waals surface area contributed by atoms with Crippen LogP contribution in [0.4, 0.5) is 0 Å². The number of rotatable bonds is 2. The minimum atomic E-state index is 0.962. The first-order valence-electron chi connectivity index (χ1n) is 3.43. The zero-order valence-electron chi connectivity index (χ0n) is 5.95. The lowest BCUT2D eigenvalue weighted by molar-refractivity contribution is 1.12. The maximum Gasteiger partial charge on any atom is 0.0921 e. The van der Waals surface area contributed by atoms with Crippen LogP contribution in [0.3, 0.4) is 0 Å².